The summed E-state index contributed by atoms with van der Waals surface area (Å²) in [4.78, 5) is 0. The minimum atomic E-state index is -0.844. The highest BCUT2D eigenvalue weighted by atomic mass is 28.3. The maximum Gasteiger partial charge on any atom is 0.137 e. The van der Waals surface area contributed by atoms with E-state index in [1.807, 2.05) is 0 Å². The highest BCUT2D eigenvalue weighted by Crippen LogP contribution is 2.32. The van der Waals surface area contributed by atoms with Gasteiger partial charge in [0.1, 0.15) is 20.7 Å². The molecule has 0 amide bonds. The van der Waals surface area contributed by atoms with Crippen molar-refractivity contribution in [2.45, 2.75) is 11.6 Å². The Hall–Kier alpha value is -2.06. The maximum atomic E-state index is 6.17. The van der Waals surface area contributed by atoms with E-state index in [0.29, 0.717) is 5.54 Å². The van der Waals surface area contributed by atoms with E-state index in [0.717, 1.165) is 5.75 Å². The zero-order chi connectivity index (χ0) is 13.4. The number of ether oxygens (including phenoxy) is 1. The van der Waals surface area contributed by atoms with Crippen LogP contribution in [0, 0.1) is 0 Å². The van der Waals surface area contributed by atoms with Gasteiger partial charge in [0.05, 0.1) is 0 Å². The van der Waals surface area contributed by atoms with Crippen LogP contribution in [0.2, 0.25) is 5.54 Å². The fraction of sp³-hybridized carbons (Fsp3) is 0.111. The number of benzene rings is 2. The predicted octanol–water partition coefficient (Wildman–Crippen LogP) is 2.55. The lowest BCUT2D eigenvalue weighted by molar-refractivity contribution is 0.247. The molecule has 2 aromatic carbocycles. The first-order valence-electron chi connectivity index (χ1n) is 6.97. The second-order valence-corrected chi connectivity index (χ2v) is 7.76. The van der Waals surface area contributed by atoms with Gasteiger partial charge in [0.25, 0.3) is 0 Å². The fourth-order valence-electron chi connectivity index (χ4n) is 3.04. The van der Waals surface area contributed by atoms with Gasteiger partial charge in [-0.25, -0.2) is 0 Å². The molecule has 4 rings (SSSR count). The van der Waals surface area contributed by atoms with Crippen molar-refractivity contribution in [2.75, 3.05) is 0 Å². The molecule has 1 heterocycles. The SMILES string of the molecule is C1=CC2Oc3ccccc3[Si](c3ccccc3)C2C=C1. The predicted molar refractivity (Wildman–Crippen MR) is 84.4 cm³/mol. The van der Waals surface area contributed by atoms with Crippen LogP contribution < -0.4 is 15.1 Å². The number of fused-ring (bicyclic) bond motifs is 2. The summed E-state index contributed by atoms with van der Waals surface area (Å²) in [5, 5.41) is 2.85. The molecule has 0 bridgehead atoms. The van der Waals surface area contributed by atoms with E-state index in [4.69, 9.17) is 4.74 Å². The lowest BCUT2D eigenvalue weighted by Crippen LogP contribution is -2.54. The topological polar surface area (TPSA) is 9.23 Å². The summed E-state index contributed by atoms with van der Waals surface area (Å²) in [7, 11) is -0.844. The first-order chi connectivity index (χ1) is 9.93. The third-order valence-corrected chi connectivity index (χ3v) is 7.08. The van der Waals surface area contributed by atoms with Gasteiger partial charge in [0.15, 0.2) is 0 Å². The van der Waals surface area contributed by atoms with Gasteiger partial charge in [-0.1, -0.05) is 71.9 Å². The molecule has 1 aliphatic heterocycles. The molecule has 1 radical (unpaired) electrons. The van der Waals surface area contributed by atoms with Crippen LogP contribution in [0.5, 0.6) is 5.75 Å². The number of rotatable bonds is 1. The molecular formula is C18H15OSi. The van der Waals surface area contributed by atoms with Crippen molar-refractivity contribution in [1.82, 2.24) is 0 Å². The smallest absolute Gasteiger partial charge is 0.137 e. The van der Waals surface area contributed by atoms with Crippen molar-refractivity contribution < 1.29 is 4.74 Å². The van der Waals surface area contributed by atoms with Gasteiger partial charge in [-0.2, -0.15) is 0 Å². The normalized spacial score (nSPS) is 23.8. The third-order valence-electron chi connectivity index (χ3n) is 3.94. The van der Waals surface area contributed by atoms with Crippen LogP contribution in [0.4, 0.5) is 0 Å². The Labute approximate surface area is 120 Å². The molecule has 2 atom stereocenters. The van der Waals surface area contributed by atoms with Gasteiger partial charge in [-0.15, -0.1) is 0 Å². The second kappa shape index (κ2) is 4.80. The Morgan fingerprint density at radius 3 is 2.45 bits per heavy atom. The molecular weight excluding hydrogens is 260 g/mol. The number of hydrogen-bond donors (Lipinski definition) is 0. The quantitative estimate of drug-likeness (QED) is 0.727. The van der Waals surface area contributed by atoms with Crippen molar-refractivity contribution >= 4 is 19.2 Å². The Morgan fingerprint density at radius 2 is 1.55 bits per heavy atom. The van der Waals surface area contributed by atoms with Crippen LogP contribution in [-0.4, -0.2) is 14.9 Å². The molecule has 1 nitrogen and oxygen atoms in total. The summed E-state index contributed by atoms with van der Waals surface area (Å²) < 4.78 is 6.17. The molecule has 0 N–H and O–H groups in total. The Balaban J connectivity index is 1.89. The largest absolute Gasteiger partial charge is 0.486 e. The van der Waals surface area contributed by atoms with Crippen LogP contribution in [0.3, 0.4) is 0 Å². The van der Waals surface area contributed by atoms with Gasteiger partial charge in [-0.3, -0.25) is 0 Å². The molecule has 2 aliphatic rings. The fourth-order valence-corrected chi connectivity index (χ4v) is 6.14. The average Bonchev–Trinajstić information content (AvgIpc) is 2.53. The number of hydrogen-bond acceptors (Lipinski definition) is 1. The molecule has 0 aromatic heterocycles. The Kier molecular flexibility index (Phi) is 2.82. The molecule has 0 fully saturated rings. The summed E-state index contributed by atoms with van der Waals surface area (Å²) in [6.45, 7) is 0. The van der Waals surface area contributed by atoms with Crippen molar-refractivity contribution in [3.63, 3.8) is 0 Å². The summed E-state index contributed by atoms with van der Waals surface area (Å²) in [5.41, 5.74) is 0.474. The maximum absolute atomic E-state index is 6.17. The van der Waals surface area contributed by atoms with E-state index in [9.17, 15) is 0 Å². The molecule has 0 saturated carbocycles. The van der Waals surface area contributed by atoms with Crippen molar-refractivity contribution in [2.24, 2.45) is 0 Å². The van der Waals surface area contributed by atoms with Gasteiger partial charge < -0.3 is 4.74 Å². The summed E-state index contributed by atoms with van der Waals surface area (Å²) >= 11 is 0. The second-order valence-electron chi connectivity index (χ2n) is 5.15. The Morgan fingerprint density at radius 1 is 0.800 bits per heavy atom. The Bertz CT molecular complexity index is 675. The van der Waals surface area contributed by atoms with Gasteiger partial charge in [0, 0.05) is 5.54 Å². The van der Waals surface area contributed by atoms with Gasteiger partial charge in [-0.05, 0) is 17.3 Å². The molecule has 1 aliphatic carbocycles. The number of allylic oxidation sites excluding steroid dienone is 2. The number of para-hydroxylation sites is 1. The molecule has 97 valence electrons. The zero-order valence-electron chi connectivity index (χ0n) is 11.1. The highest BCUT2D eigenvalue weighted by molar-refractivity contribution is 6.87. The standard InChI is InChI=1S/C18H15OSi/c1-2-8-14(9-3-1)20-17-12-6-4-10-15(17)19-16-11-5-7-13-18(16)20/h1-13,15,17H. The van der Waals surface area contributed by atoms with Crippen molar-refractivity contribution in [3.8, 4) is 5.75 Å². The van der Waals surface area contributed by atoms with E-state index >= 15 is 0 Å². The highest BCUT2D eigenvalue weighted by Gasteiger charge is 2.38. The molecule has 2 heteroatoms. The summed E-state index contributed by atoms with van der Waals surface area (Å²) in [6.07, 6.45) is 8.95. The van der Waals surface area contributed by atoms with Crippen LogP contribution in [0.25, 0.3) is 0 Å². The molecule has 20 heavy (non-hydrogen) atoms. The summed E-state index contributed by atoms with van der Waals surface area (Å²) in [5.74, 6) is 1.06. The molecule has 0 saturated heterocycles. The van der Waals surface area contributed by atoms with Crippen LogP contribution in [0.1, 0.15) is 0 Å². The lowest BCUT2D eigenvalue weighted by Gasteiger charge is -2.37. The van der Waals surface area contributed by atoms with Gasteiger partial charge >= 0.3 is 0 Å². The van der Waals surface area contributed by atoms with Crippen LogP contribution >= 0.6 is 0 Å². The van der Waals surface area contributed by atoms with Crippen molar-refractivity contribution in [1.29, 1.82) is 0 Å². The van der Waals surface area contributed by atoms with E-state index < -0.39 is 8.80 Å². The average molecular weight is 275 g/mol. The van der Waals surface area contributed by atoms with Crippen LogP contribution in [0.15, 0.2) is 78.9 Å². The minimum absolute atomic E-state index is 0.184. The monoisotopic (exact) mass is 275 g/mol. The van der Waals surface area contributed by atoms with E-state index in [1.54, 1.807) is 0 Å². The van der Waals surface area contributed by atoms with E-state index in [2.05, 4.69) is 78.9 Å². The zero-order valence-corrected chi connectivity index (χ0v) is 12.1. The third kappa shape index (κ3) is 1.84. The van der Waals surface area contributed by atoms with Gasteiger partial charge in [0.2, 0.25) is 0 Å². The summed E-state index contributed by atoms with van der Waals surface area (Å²) in [6, 6.07) is 19.4. The minimum Gasteiger partial charge on any atom is -0.486 e. The van der Waals surface area contributed by atoms with Crippen LogP contribution in [-0.2, 0) is 0 Å². The van der Waals surface area contributed by atoms with E-state index in [-0.39, 0.29) is 6.10 Å². The molecule has 2 unspecified atom stereocenters. The van der Waals surface area contributed by atoms with E-state index in [1.165, 1.54) is 10.4 Å². The first kappa shape index (κ1) is 11.7. The lowest BCUT2D eigenvalue weighted by atomic mass is 10.1. The molecule has 2 aromatic rings. The molecule has 0 spiro atoms. The van der Waals surface area contributed by atoms with Crippen molar-refractivity contribution in [3.05, 3.63) is 78.9 Å². The first-order valence-corrected chi connectivity index (χ1v) is 8.54.